The number of hydrogen-bond acceptors (Lipinski definition) is 5. The van der Waals surface area contributed by atoms with E-state index in [0.717, 1.165) is 31.0 Å². The van der Waals surface area contributed by atoms with Gasteiger partial charge in [-0.3, -0.25) is 4.68 Å². The summed E-state index contributed by atoms with van der Waals surface area (Å²) in [5, 5.41) is 4.59. The second-order valence-corrected chi connectivity index (χ2v) is 5.15. The monoisotopic (exact) mass is 273 g/mol. The van der Waals surface area contributed by atoms with Crippen LogP contribution >= 0.6 is 0 Å². The summed E-state index contributed by atoms with van der Waals surface area (Å²) in [4.78, 5) is 10.8. The first-order valence-corrected chi connectivity index (χ1v) is 6.81. The minimum absolute atomic E-state index is 0.385. The lowest BCUT2D eigenvalue weighted by Gasteiger charge is -2.19. The maximum absolute atomic E-state index is 5.29. The minimum atomic E-state index is 0.385. The fourth-order valence-electron chi connectivity index (χ4n) is 2.83. The Labute approximate surface area is 118 Å². The second-order valence-electron chi connectivity index (χ2n) is 5.15. The molecule has 1 aliphatic heterocycles. The van der Waals surface area contributed by atoms with Crippen molar-refractivity contribution in [3.05, 3.63) is 29.8 Å². The van der Waals surface area contributed by atoms with E-state index in [1.165, 1.54) is 5.69 Å². The lowest BCUT2D eigenvalue weighted by molar-refractivity contribution is 0.395. The molecule has 0 unspecified atom stereocenters. The largest absolute Gasteiger partial charge is 0.478 e. The van der Waals surface area contributed by atoms with Gasteiger partial charge in [0.2, 0.25) is 0 Å². The number of aryl methyl sites for hydroxylation is 2. The van der Waals surface area contributed by atoms with Crippen LogP contribution in [-0.2, 0) is 0 Å². The Bertz CT molecular complexity index is 609. The number of ether oxygens (including phenoxy) is 1. The summed E-state index contributed by atoms with van der Waals surface area (Å²) >= 11 is 0. The van der Waals surface area contributed by atoms with Crippen molar-refractivity contribution in [2.75, 3.05) is 25.1 Å². The Morgan fingerprint density at radius 3 is 2.75 bits per heavy atom. The van der Waals surface area contributed by atoms with E-state index < -0.39 is 0 Å². The van der Waals surface area contributed by atoms with Crippen LogP contribution in [0.1, 0.15) is 23.9 Å². The molecule has 0 aromatic carbocycles. The lowest BCUT2D eigenvalue weighted by atomic mass is 10.2. The molecule has 2 aromatic heterocycles. The van der Waals surface area contributed by atoms with Crippen molar-refractivity contribution in [3.63, 3.8) is 0 Å². The summed E-state index contributed by atoms with van der Waals surface area (Å²) in [6, 6.07) is 2.50. The van der Waals surface area contributed by atoms with Gasteiger partial charge in [0.25, 0.3) is 5.88 Å². The van der Waals surface area contributed by atoms with Crippen molar-refractivity contribution >= 4 is 5.82 Å². The van der Waals surface area contributed by atoms with Crippen molar-refractivity contribution in [2.24, 2.45) is 0 Å². The van der Waals surface area contributed by atoms with Crippen LogP contribution in [0.25, 0.3) is 0 Å². The fraction of sp³-hybridized carbons (Fsp3) is 0.500. The number of nitrogens with zero attached hydrogens (tertiary/aromatic N) is 5. The summed E-state index contributed by atoms with van der Waals surface area (Å²) < 4.78 is 7.41. The van der Waals surface area contributed by atoms with Crippen LogP contribution in [0, 0.1) is 13.8 Å². The fourth-order valence-corrected chi connectivity index (χ4v) is 2.83. The van der Waals surface area contributed by atoms with Gasteiger partial charge in [0.05, 0.1) is 18.8 Å². The molecule has 3 heterocycles. The SMILES string of the molecule is COc1nccnc1N1CC[C@@H](n2nc(C)cc2C)C1. The van der Waals surface area contributed by atoms with Gasteiger partial charge in [-0.2, -0.15) is 5.10 Å². The van der Waals surface area contributed by atoms with E-state index in [1.807, 2.05) is 6.92 Å². The number of anilines is 1. The summed E-state index contributed by atoms with van der Waals surface area (Å²) in [5.41, 5.74) is 2.28. The molecular weight excluding hydrogens is 254 g/mol. The third-order valence-electron chi connectivity index (χ3n) is 3.69. The molecule has 20 heavy (non-hydrogen) atoms. The van der Waals surface area contributed by atoms with E-state index in [-0.39, 0.29) is 0 Å². The van der Waals surface area contributed by atoms with Crippen LogP contribution in [0.4, 0.5) is 5.82 Å². The molecule has 0 amide bonds. The Balaban J connectivity index is 1.81. The van der Waals surface area contributed by atoms with E-state index in [1.54, 1.807) is 19.5 Å². The maximum atomic E-state index is 5.29. The standard InChI is InChI=1S/C14H19N5O/c1-10-8-11(2)19(17-10)12-4-7-18(9-12)13-14(20-3)16-6-5-15-13/h5-6,8,12H,4,7,9H2,1-3H3/t12-/m1/s1. The molecule has 0 radical (unpaired) electrons. The third kappa shape index (κ3) is 2.21. The average molecular weight is 273 g/mol. The van der Waals surface area contributed by atoms with Crippen molar-refractivity contribution in [1.82, 2.24) is 19.7 Å². The maximum Gasteiger partial charge on any atom is 0.257 e. The van der Waals surface area contributed by atoms with E-state index >= 15 is 0 Å². The lowest BCUT2D eigenvalue weighted by Crippen LogP contribution is -2.23. The zero-order valence-electron chi connectivity index (χ0n) is 12.1. The zero-order valence-corrected chi connectivity index (χ0v) is 12.1. The Morgan fingerprint density at radius 1 is 1.25 bits per heavy atom. The van der Waals surface area contributed by atoms with Crippen molar-refractivity contribution in [3.8, 4) is 5.88 Å². The van der Waals surface area contributed by atoms with E-state index in [0.29, 0.717) is 11.9 Å². The third-order valence-corrected chi connectivity index (χ3v) is 3.69. The predicted molar refractivity (Wildman–Crippen MR) is 76.2 cm³/mol. The Morgan fingerprint density at radius 2 is 2.05 bits per heavy atom. The minimum Gasteiger partial charge on any atom is -0.478 e. The molecule has 2 aromatic rings. The van der Waals surface area contributed by atoms with Crippen LogP contribution in [0.2, 0.25) is 0 Å². The summed E-state index contributed by atoms with van der Waals surface area (Å²) in [7, 11) is 1.63. The van der Waals surface area contributed by atoms with Crippen molar-refractivity contribution in [2.45, 2.75) is 26.3 Å². The van der Waals surface area contributed by atoms with Gasteiger partial charge < -0.3 is 9.64 Å². The first-order valence-electron chi connectivity index (χ1n) is 6.81. The van der Waals surface area contributed by atoms with E-state index in [9.17, 15) is 0 Å². The molecule has 1 atom stereocenters. The first kappa shape index (κ1) is 12.9. The van der Waals surface area contributed by atoms with Gasteiger partial charge in [0.15, 0.2) is 5.82 Å². The van der Waals surface area contributed by atoms with E-state index in [4.69, 9.17) is 4.74 Å². The summed E-state index contributed by atoms with van der Waals surface area (Å²) in [6.45, 7) is 5.96. The normalized spacial score (nSPS) is 18.6. The molecule has 6 heteroatoms. The van der Waals surface area contributed by atoms with Crippen LogP contribution in [0.15, 0.2) is 18.5 Å². The van der Waals surface area contributed by atoms with Gasteiger partial charge >= 0.3 is 0 Å². The second kappa shape index (κ2) is 5.11. The summed E-state index contributed by atoms with van der Waals surface area (Å²) in [5.74, 6) is 1.40. The van der Waals surface area contributed by atoms with Gasteiger partial charge in [0, 0.05) is 31.2 Å². The van der Waals surface area contributed by atoms with Gasteiger partial charge in [-0.25, -0.2) is 9.97 Å². The smallest absolute Gasteiger partial charge is 0.257 e. The molecule has 0 bridgehead atoms. The zero-order chi connectivity index (χ0) is 14.1. The van der Waals surface area contributed by atoms with Gasteiger partial charge in [0.1, 0.15) is 0 Å². The number of aromatic nitrogens is 4. The molecule has 0 saturated carbocycles. The average Bonchev–Trinajstić information content (AvgIpc) is 3.05. The number of hydrogen-bond donors (Lipinski definition) is 0. The van der Waals surface area contributed by atoms with Crippen LogP contribution in [-0.4, -0.2) is 39.9 Å². The molecular formula is C14H19N5O. The van der Waals surface area contributed by atoms with Crippen LogP contribution < -0.4 is 9.64 Å². The highest BCUT2D eigenvalue weighted by Gasteiger charge is 2.28. The van der Waals surface area contributed by atoms with Gasteiger partial charge in [-0.1, -0.05) is 0 Å². The molecule has 1 fully saturated rings. The molecule has 1 aliphatic rings. The topological polar surface area (TPSA) is 56.1 Å². The van der Waals surface area contributed by atoms with Crippen LogP contribution in [0.5, 0.6) is 5.88 Å². The van der Waals surface area contributed by atoms with Crippen molar-refractivity contribution < 1.29 is 4.74 Å². The Hall–Kier alpha value is -2.11. The van der Waals surface area contributed by atoms with Gasteiger partial charge in [-0.15, -0.1) is 0 Å². The first-order chi connectivity index (χ1) is 9.69. The highest BCUT2D eigenvalue weighted by atomic mass is 16.5. The Kier molecular flexibility index (Phi) is 3.30. The van der Waals surface area contributed by atoms with Crippen molar-refractivity contribution in [1.29, 1.82) is 0 Å². The highest BCUT2D eigenvalue weighted by molar-refractivity contribution is 5.48. The molecule has 3 rings (SSSR count). The molecule has 6 nitrogen and oxygen atoms in total. The quantitative estimate of drug-likeness (QED) is 0.852. The predicted octanol–water partition coefficient (Wildman–Crippen LogP) is 1.75. The van der Waals surface area contributed by atoms with E-state index in [2.05, 4.69) is 37.6 Å². The molecule has 106 valence electrons. The molecule has 0 aliphatic carbocycles. The highest BCUT2D eigenvalue weighted by Crippen LogP contribution is 2.30. The van der Waals surface area contributed by atoms with Gasteiger partial charge in [-0.05, 0) is 26.3 Å². The van der Waals surface area contributed by atoms with Crippen LogP contribution in [0.3, 0.4) is 0 Å². The summed E-state index contributed by atoms with van der Waals surface area (Å²) in [6.07, 6.45) is 4.41. The molecule has 0 spiro atoms. The molecule has 0 N–H and O–H groups in total. The number of methoxy groups -OCH3 is 1. The molecule has 1 saturated heterocycles. The number of rotatable bonds is 3.